The molecule has 0 spiro atoms. The van der Waals surface area contributed by atoms with Gasteiger partial charge in [0.25, 0.3) is 5.69 Å². The summed E-state index contributed by atoms with van der Waals surface area (Å²) in [6.07, 6.45) is 1.75. The molecule has 0 saturated carbocycles. The molecule has 1 aromatic heterocycles. The zero-order chi connectivity index (χ0) is 14.9. The number of ketones is 1. The highest BCUT2D eigenvalue weighted by Gasteiger charge is 2.16. The minimum absolute atomic E-state index is 0.102. The first-order valence-electron chi connectivity index (χ1n) is 6.25. The molecule has 104 valence electrons. The summed E-state index contributed by atoms with van der Waals surface area (Å²) in [6.45, 7) is 5.43. The summed E-state index contributed by atoms with van der Waals surface area (Å²) in [5, 5.41) is 15.2. The fourth-order valence-corrected chi connectivity index (χ4v) is 1.90. The molecule has 2 aromatic rings. The summed E-state index contributed by atoms with van der Waals surface area (Å²) >= 11 is 0. The predicted molar refractivity (Wildman–Crippen MR) is 74.3 cm³/mol. The van der Waals surface area contributed by atoms with Gasteiger partial charge in [0, 0.05) is 23.9 Å². The summed E-state index contributed by atoms with van der Waals surface area (Å²) in [4.78, 5) is 22.0. The van der Waals surface area contributed by atoms with Gasteiger partial charge >= 0.3 is 0 Å². The average molecular weight is 273 g/mol. The van der Waals surface area contributed by atoms with Crippen molar-refractivity contribution in [3.63, 3.8) is 0 Å². The van der Waals surface area contributed by atoms with E-state index in [1.165, 1.54) is 19.1 Å². The topological polar surface area (TPSA) is 78.0 Å². The van der Waals surface area contributed by atoms with E-state index in [1.807, 2.05) is 19.9 Å². The number of non-ortho nitro benzene ring substituents is 1. The number of nitrogens with zero attached hydrogens (tertiary/aromatic N) is 3. The van der Waals surface area contributed by atoms with E-state index < -0.39 is 4.92 Å². The van der Waals surface area contributed by atoms with Crippen molar-refractivity contribution in [2.75, 3.05) is 0 Å². The number of nitro groups is 1. The van der Waals surface area contributed by atoms with Gasteiger partial charge in [0.05, 0.1) is 16.3 Å². The number of rotatable bonds is 4. The number of nitro benzene ring substituents is 1. The Kier molecular flexibility index (Phi) is 3.65. The minimum Gasteiger partial charge on any atom is -0.294 e. The van der Waals surface area contributed by atoms with E-state index in [2.05, 4.69) is 5.10 Å². The Bertz CT molecular complexity index is 674. The first kappa shape index (κ1) is 13.9. The highest BCUT2D eigenvalue weighted by molar-refractivity contribution is 5.98. The number of hydrogen-bond donors (Lipinski definition) is 0. The van der Waals surface area contributed by atoms with Crippen molar-refractivity contribution in [3.8, 4) is 5.69 Å². The number of Topliss-reactive ketones (excluding diaryl/α,β-unsaturated/α-hetero) is 1. The molecule has 0 unspecified atom stereocenters. The molecule has 6 nitrogen and oxygen atoms in total. The van der Waals surface area contributed by atoms with E-state index in [9.17, 15) is 14.9 Å². The normalized spacial score (nSPS) is 10.8. The fraction of sp³-hybridized carbons (Fsp3) is 0.286. The lowest BCUT2D eigenvalue weighted by Crippen LogP contribution is -2.06. The van der Waals surface area contributed by atoms with Gasteiger partial charge in [-0.3, -0.25) is 14.9 Å². The third kappa shape index (κ3) is 2.59. The van der Waals surface area contributed by atoms with Crippen molar-refractivity contribution in [2.45, 2.75) is 26.7 Å². The second kappa shape index (κ2) is 5.24. The Labute approximate surface area is 116 Å². The zero-order valence-electron chi connectivity index (χ0n) is 11.5. The molecule has 0 atom stereocenters. The van der Waals surface area contributed by atoms with Gasteiger partial charge < -0.3 is 0 Å². The van der Waals surface area contributed by atoms with Crippen LogP contribution in [0.2, 0.25) is 0 Å². The van der Waals surface area contributed by atoms with Gasteiger partial charge in [-0.15, -0.1) is 0 Å². The van der Waals surface area contributed by atoms with E-state index >= 15 is 0 Å². The van der Waals surface area contributed by atoms with Crippen molar-refractivity contribution in [1.82, 2.24) is 9.78 Å². The molecule has 0 amide bonds. The third-order valence-corrected chi connectivity index (χ3v) is 3.02. The molecule has 0 aliphatic carbocycles. The van der Waals surface area contributed by atoms with E-state index in [0.717, 1.165) is 5.69 Å². The van der Waals surface area contributed by atoms with E-state index in [-0.39, 0.29) is 23.0 Å². The Hall–Kier alpha value is -2.50. The maximum absolute atomic E-state index is 11.7. The standard InChI is InChI=1S/C14H15N3O3/c1-9(2)13-6-7-16(15-13)14-5-4-11(17(19)20)8-12(14)10(3)18/h4-9H,1-3H3. The van der Waals surface area contributed by atoms with Crippen LogP contribution in [0, 0.1) is 10.1 Å². The maximum atomic E-state index is 11.7. The molecule has 2 rings (SSSR count). The Balaban J connectivity index is 2.55. The molecule has 0 radical (unpaired) electrons. The van der Waals surface area contributed by atoms with Gasteiger partial charge in [-0.05, 0) is 25.0 Å². The lowest BCUT2D eigenvalue weighted by atomic mass is 10.1. The second-order valence-electron chi connectivity index (χ2n) is 4.85. The van der Waals surface area contributed by atoms with Gasteiger partial charge in [0.15, 0.2) is 5.78 Å². The largest absolute Gasteiger partial charge is 0.294 e. The summed E-state index contributed by atoms with van der Waals surface area (Å²) in [6, 6.07) is 6.08. The second-order valence-corrected chi connectivity index (χ2v) is 4.85. The molecule has 1 heterocycles. The number of carbonyl (C=O) groups is 1. The molecule has 0 saturated heterocycles. The number of aromatic nitrogens is 2. The Morgan fingerprint density at radius 3 is 2.55 bits per heavy atom. The van der Waals surface area contributed by atoms with Gasteiger partial charge in [0.1, 0.15) is 0 Å². The average Bonchev–Trinajstić information content (AvgIpc) is 2.87. The van der Waals surface area contributed by atoms with E-state index in [4.69, 9.17) is 0 Å². The quantitative estimate of drug-likeness (QED) is 0.487. The van der Waals surface area contributed by atoms with Crippen LogP contribution < -0.4 is 0 Å². The van der Waals surface area contributed by atoms with Crippen LogP contribution in [0.1, 0.15) is 42.7 Å². The highest BCUT2D eigenvalue weighted by atomic mass is 16.6. The van der Waals surface area contributed by atoms with Crippen molar-refractivity contribution in [2.24, 2.45) is 0 Å². The van der Waals surface area contributed by atoms with E-state index in [1.54, 1.807) is 16.9 Å². The van der Waals surface area contributed by atoms with Gasteiger partial charge in [-0.1, -0.05) is 13.8 Å². The van der Waals surface area contributed by atoms with Crippen LogP contribution in [0.5, 0.6) is 0 Å². The molecule has 0 bridgehead atoms. The van der Waals surface area contributed by atoms with Crippen LogP contribution >= 0.6 is 0 Å². The molecule has 20 heavy (non-hydrogen) atoms. The Morgan fingerprint density at radius 2 is 2.05 bits per heavy atom. The summed E-state index contributed by atoms with van der Waals surface area (Å²) < 4.78 is 1.58. The van der Waals surface area contributed by atoms with Gasteiger partial charge in [-0.25, -0.2) is 4.68 Å². The lowest BCUT2D eigenvalue weighted by Gasteiger charge is -2.07. The predicted octanol–water partition coefficient (Wildman–Crippen LogP) is 3.11. The maximum Gasteiger partial charge on any atom is 0.270 e. The minimum atomic E-state index is -0.515. The highest BCUT2D eigenvalue weighted by Crippen LogP contribution is 2.22. The van der Waals surface area contributed by atoms with Gasteiger partial charge in [0.2, 0.25) is 0 Å². The van der Waals surface area contributed by atoms with Crippen molar-refractivity contribution in [1.29, 1.82) is 0 Å². The van der Waals surface area contributed by atoms with Crippen molar-refractivity contribution in [3.05, 3.63) is 51.8 Å². The molecule has 0 aliphatic heterocycles. The summed E-state index contributed by atoms with van der Waals surface area (Å²) in [5.74, 6) is 0.0420. The molecule has 0 N–H and O–H groups in total. The molecule has 6 heteroatoms. The van der Waals surface area contributed by atoms with Crippen molar-refractivity contribution >= 4 is 11.5 Å². The number of carbonyl (C=O) groups excluding carboxylic acids is 1. The van der Waals surface area contributed by atoms with E-state index in [0.29, 0.717) is 5.69 Å². The number of benzene rings is 1. The smallest absolute Gasteiger partial charge is 0.270 e. The van der Waals surface area contributed by atoms with Crippen LogP contribution in [-0.4, -0.2) is 20.5 Å². The van der Waals surface area contributed by atoms with Gasteiger partial charge in [-0.2, -0.15) is 5.10 Å². The lowest BCUT2D eigenvalue weighted by molar-refractivity contribution is -0.384. The Morgan fingerprint density at radius 1 is 1.35 bits per heavy atom. The molecular weight excluding hydrogens is 258 g/mol. The van der Waals surface area contributed by atoms with Crippen molar-refractivity contribution < 1.29 is 9.72 Å². The van der Waals surface area contributed by atoms with Crippen LogP contribution in [0.15, 0.2) is 30.5 Å². The number of hydrogen-bond acceptors (Lipinski definition) is 4. The van der Waals surface area contributed by atoms with Crippen LogP contribution in [0.25, 0.3) is 5.69 Å². The first-order chi connectivity index (χ1) is 9.40. The third-order valence-electron chi connectivity index (χ3n) is 3.02. The molecule has 0 aliphatic rings. The first-order valence-corrected chi connectivity index (χ1v) is 6.25. The molecule has 1 aromatic carbocycles. The van der Waals surface area contributed by atoms with Crippen LogP contribution in [0.3, 0.4) is 0 Å². The fourth-order valence-electron chi connectivity index (χ4n) is 1.90. The monoisotopic (exact) mass is 273 g/mol. The van der Waals surface area contributed by atoms with Crippen LogP contribution in [0.4, 0.5) is 5.69 Å². The van der Waals surface area contributed by atoms with Crippen LogP contribution in [-0.2, 0) is 0 Å². The molecule has 0 fully saturated rings. The summed E-state index contributed by atoms with van der Waals surface area (Å²) in [5.41, 5.74) is 1.64. The SMILES string of the molecule is CC(=O)c1cc([N+](=O)[O-])ccc1-n1ccc(C(C)C)n1. The zero-order valence-corrected chi connectivity index (χ0v) is 11.5. The summed E-state index contributed by atoms with van der Waals surface area (Å²) in [7, 11) is 0. The molecular formula is C14H15N3O3.